The summed E-state index contributed by atoms with van der Waals surface area (Å²) in [6.07, 6.45) is 0. The summed E-state index contributed by atoms with van der Waals surface area (Å²) < 4.78 is 0. The highest BCUT2D eigenvalue weighted by Crippen LogP contribution is 2.36. The van der Waals surface area contributed by atoms with Crippen molar-refractivity contribution in [2.24, 2.45) is 0 Å². The maximum Gasteiger partial charge on any atom is 0.295 e. The molecule has 0 radical (unpaired) electrons. The number of hydrogen-bond acceptors (Lipinski definition) is 4. The number of nitrogens with zero attached hydrogens (tertiary/aromatic N) is 2. The van der Waals surface area contributed by atoms with Gasteiger partial charge < -0.3 is 0 Å². The summed E-state index contributed by atoms with van der Waals surface area (Å²) in [6.45, 7) is 3.29. The zero-order valence-electron chi connectivity index (χ0n) is 13.6. The van der Waals surface area contributed by atoms with E-state index in [4.69, 9.17) is 11.6 Å². The third kappa shape index (κ3) is 3.41. The van der Waals surface area contributed by atoms with Gasteiger partial charge in [0.25, 0.3) is 11.1 Å². The van der Waals surface area contributed by atoms with Gasteiger partial charge >= 0.3 is 0 Å². The van der Waals surface area contributed by atoms with Crippen LogP contribution in [0.5, 0.6) is 0 Å². The van der Waals surface area contributed by atoms with E-state index in [0.717, 1.165) is 22.2 Å². The molecule has 1 fully saturated rings. The Morgan fingerprint density at radius 3 is 2.24 bits per heavy atom. The SMILES string of the molecule is CC(=O)N(c1ccc(Cl)cc1)[C@H]1SC(=O)N(c2ccc(C)cc2)C1=O. The van der Waals surface area contributed by atoms with Crippen LogP contribution in [-0.2, 0) is 9.59 Å². The second-order valence-corrected chi connectivity index (χ2v) is 7.08. The molecule has 3 rings (SSSR count). The highest BCUT2D eigenvalue weighted by atomic mass is 35.5. The molecule has 1 heterocycles. The number of thioether (sulfide) groups is 1. The van der Waals surface area contributed by atoms with Gasteiger partial charge in [0.1, 0.15) is 0 Å². The Kier molecular flexibility index (Phi) is 4.83. The zero-order chi connectivity index (χ0) is 18.1. The minimum absolute atomic E-state index is 0.327. The van der Waals surface area contributed by atoms with Crippen molar-refractivity contribution in [2.75, 3.05) is 9.80 Å². The molecule has 0 aromatic heterocycles. The predicted octanol–water partition coefficient (Wildman–Crippen LogP) is 4.23. The van der Waals surface area contributed by atoms with E-state index in [1.54, 1.807) is 36.4 Å². The molecular formula is C18H15ClN2O3S. The fourth-order valence-corrected chi connectivity index (χ4v) is 3.77. The Morgan fingerprint density at radius 2 is 1.68 bits per heavy atom. The number of imide groups is 1. The summed E-state index contributed by atoms with van der Waals surface area (Å²) in [7, 11) is 0. The summed E-state index contributed by atoms with van der Waals surface area (Å²) in [4.78, 5) is 39.8. The average Bonchev–Trinajstić information content (AvgIpc) is 2.85. The minimum atomic E-state index is -0.938. The Bertz CT molecular complexity index is 836. The van der Waals surface area contributed by atoms with Crippen molar-refractivity contribution < 1.29 is 14.4 Å². The van der Waals surface area contributed by atoms with Gasteiger partial charge in [-0.2, -0.15) is 0 Å². The van der Waals surface area contributed by atoms with Crippen LogP contribution in [0.1, 0.15) is 12.5 Å². The molecule has 1 aliphatic rings. The molecule has 0 saturated carbocycles. The van der Waals surface area contributed by atoms with Crippen molar-refractivity contribution >= 4 is 51.8 Å². The Hall–Kier alpha value is -2.31. The van der Waals surface area contributed by atoms with Gasteiger partial charge in [0, 0.05) is 17.6 Å². The topological polar surface area (TPSA) is 57.7 Å². The molecule has 0 aliphatic carbocycles. The normalized spacial score (nSPS) is 17.1. The number of aryl methyl sites for hydroxylation is 1. The van der Waals surface area contributed by atoms with Gasteiger partial charge in [-0.15, -0.1) is 0 Å². The zero-order valence-corrected chi connectivity index (χ0v) is 15.2. The lowest BCUT2D eigenvalue weighted by Crippen LogP contribution is -2.44. The van der Waals surface area contributed by atoms with Crippen LogP contribution in [0, 0.1) is 6.92 Å². The Balaban J connectivity index is 1.95. The summed E-state index contributed by atoms with van der Waals surface area (Å²) >= 11 is 6.71. The molecular weight excluding hydrogens is 360 g/mol. The Labute approximate surface area is 154 Å². The first-order valence-corrected chi connectivity index (χ1v) is 8.81. The number of carbonyl (C=O) groups excluding carboxylic acids is 3. The van der Waals surface area contributed by atoms with E-state index < -0.39 is 16.5 Å². The van der Waals surface area contributed by atoms with E-state index in [9.17, 15) is 14.4 Å². The van der Waals surface area contributed by atoms with Crippen LogP contribution in [0.4, 0.5) is 16.2 Å². The van der Waals surface area contributed by atoms with Crippen LogP contribution in [0.15, 0.2) is 48.5 Å². The molecule has 0 bridgehead atoms. The second kappa shape index (κ2) is 6.90. The van der Waals surface area contributed by atoms with Crippen LogP contribution in [-0.4, -0.2) is 22.4 Å². The number of carbonyl (C=O) groups is 3. The van der Waals surface area contributed by atoms with E-state index in [0.29, 0.717) is 16.4 Å². The second-order valence-electron chi connectivity index (χ2n) is 5.61. The first-order chi connectivity index (χ1) is 11.9. The van der Waals surface area contributed by atoms with Gasteiger partial charge in [-0.1, -0.05) is 29.3 Å². The maximum atomic E-state index is 12.9. The van der Waals surface area contributed by atoms with Gasteiger partial charge in [-0.05, 0) is 55.1 Å². The van der Waals surface area contributed by atoms with Crippen LogP contribution in [0.2, 0.25) is 5.02 Å². The molecule has 2 aromatic rings. The highest BCUT2D eigenvalue weighted by molar-refractivity contribution is 8.16. The standard InChI is InChI=1S/C18H15ClN2O3S/c1-11-3-7-15(8-4-11)21-16(23)17(25-18(21)24)20(12(2)22)14-9-5-13(19)6-10-14/h3-10,17H,1-2H3/t17-/m0/s1. The monoisotopic (exact) mass is 374 g/mol. The van der Waals surface area contributed by atoms with Crippen molar-refractivity contribution in [3.63, 3.8) is 0 Å². The first kappa shape index (κ1) is 17.5. The van der Waals surface area contributed by atoms with Gasteiger partial charge in [-0.25, -0.2) is 4.90 Å². The summed E-state index contributed by atoms with van der Waals surface area (Å²) in [5.41, 5.74) is 2.04. The lowest BCUT2D eigenvalue weighted by Gasteiger charge is -2.25. The van der Waals surface area contributed by atoms with Crippen molar-refractivity contribution in [1.82, 2.24) is 0 Å². The van der Waals surface area contributed by atoms with Crippen molar-refractivity contribution in [2.45, 2.75) is 19.2 Å². The average molecular weight is 375 g/mol. The first-order valence-electron chi connectivity index (χ1n) is 7.55. The fourth-order valence-electron chi connectivity index (χ4n) is 2.57. The molecule has 5 nitrogen and oxygen atoms in total. The maximum absolute atomic E-state index is 12.9. The molecule has 2 aromatic carbocycles. The molecule has 0 spiro atoms. The van der Waals surface area contributed by atoms with E-state index in [1.807, 2.05) is 19.1 Å². The molecule has 1 saturated heterocycles. The van der Waals surface area contributed by atoms with E-state index in [1.165, 1.54) is 11.8 Å². The number of halogens is 1. The third-order valence-electron chi connectivity index (χ3n) is 3.80. The van der Waals surface area contributed by atoms with Crippen LogP contribution in [0.3, 0.4) is 0 Å². The third-order valence-corrected chi connectivity index (χ3v) is 5.07. The van der Waals surface area contributed by atoms with Gasteiger partial charge in [-0.3, -0.25) is 19.3 Å². The summed E-state index contributed by atoms with van der Waals surface area (Å²) in [5, 5.41) is -0.818. The number of amides is 3. The predicted molar refractivity (Wildman–Crippen MR) is 100 cm³/mol. The molecule has 0 unspecified atom stereocenters. The van der Waals surface area contributed by atoms with E-state index in [2.05, 4.69) is 0 Å². The number of benzene rings is 2. The van der Waals surface area contributed by atoms with Gasteiger partial charge in [0.05, 0.1) is 5.69 Å². The van der Waals surface area contributed by atoms with E-state index >= 15 is 0 Å². The van der Waals surface area contributed by atoms with Gasteiger partial charge in [0.2, 0.25) is 5.91 Å². The molecule has 25 heavy (non-hydrogen) atoms. The molecule has 7 heteroatoms. The minimum Gasteiger partial charge on any atom is -0.290 e. The van der Waals surface area contributed by atoms with Gasteiger partial charge in [0.15, 0.2) is 5.37 Å². The lowest BCUT2D eigenvalue weighted by molar-refractivity contribution is -0.121. The van der Waals surface area contributed by atoms with Crippen LogP contribution >= 0.6 is 23.4 Å². The number of anilines is 2. The fraction of sp³-hybridized carbons (Fsp3) is 0.167. The molecule has 0 N–H and O–H groups in total. The van der Waals surface area contributed by atoms with Crippen LogP contribution < -0.4 is 9.80 Å². The molecule has 1 atom stereocenters. The van der Waals surface area contributed by atoms with Crippen molar-refractivity contribution in [3.8, 4) is 0 Å². The van der Waals surface area contributed by atoms with Crippen molar-refractivity contribution in [3.05, 3.63) is 59.1 Å². The summed E-state index contributed by atoms with van der Waals surface area (Å²) in [6, 6.07) is 13.7. The highest BCUT2D eigenvalue weighted by Gasteiger charge is 2.45. The molecule has 3 amide bonds. The molecule has 128 valence electrons. The molecule has 1 aliphatic heterocycles. The smallest absolute Gasteiger partial charge is 0.290 e. The van der Waals surface area contributed by atoms with Crippen molar-refractivity contribution in [1.29, 1.82) is 0 Å². The largest absolute Gasteiger partial charge is 0.295 e. The summed E-state index contributed by atoms with van der Waals surface area (Å²) in [5.74, 6) is -0.768. The number of rotatable bonds is 3. The van der Waals surface area contributed by atoms with Crippen LogP contribution in [0.25, 0.3) is 0 Å². The number of hydrogen-bond donors (Lipinski definition) is 0. The lowest BCUT2D eigenvalue weighted by atomic mass is 10.2. The Morgan fingerprint density at radius 1 is 1.08 bits per heavy atom. The van der Waals surface area contributed by atoms with E-state index in [-0.39, 0.29) is 5.91 Å². The quantitative estimate of drug-likeness (QED) is 0.806.